The molecule has 35 heavy (non-hydrogen) atoms. The van der Waals surface area contributed by atoms with Gasteiger partial charge in [-0.1, -0.05) is 47.5 Å². The molecule has 182 valence electrons. The fraction of sp³-hybridized carbons (Fsp3) is 0.240. The number of benzene rings is 3. The van der Waals surface area contributed by atoms with Crippen molar-refractivity contribution in [2.75, 3.05) is 18.0 Å². The largest absolute Gasteiger partial charge is 0.342 e. The van der Waals surface area contributed by atoms with E-state index >= 15 is 0 Å². The van der Waals surface area contributed by atoms with Crippen LogP contribution in [0.3, 0.4) is 0 Å². The van der Waals surface area contributed by atoms with Gasteiger partial charge >= 0.3 is 0 Å². The van der Waals surface area contributed by atoms with Gasteiger partial charge in [0, 0.05) is 29.2 Å². The first-order valence-electron chi connectivity index (χ1n) is 11.2. The third-order valence-corrected chi connectivity index (χ3v) is 8.05. The van der Waals surface area contributed by atoms with Crippen molar-refractivity contribution in [3.05, 3.63) is 88.2 Å². The molecule has 1 aliphatic heterocycles. The van der Waals surface area contributed by atoms with Crippen LogP contribution in [0, 0.1) is 5.82 Å². The Morgan fingerprint density at radius 3 is 2.40 bits per heavy atom. The van der Waals surface area contributed by atoms with Crippen LogP contribution in [0.5, 0.6) is 0 Å². The van der Waals surface area contributed by atoms with Gasteiger partial charge in [0.1, 0.15) is 5.82 Å². The Morgan fingerprint density at radius 2 is 1.69 bits per heavy atom. The molecule has 0 saturated carbocycles. The molecule has 4 aromatic rings. The summed E-state index contributed by atoms with van der Waals surface area (Å²) in [5.74, 6) is 0.515. The first-order valence-corrected chi connectivity index (χ1v) is 13.5. The zero-order chi connectivity index (χ0) is 24.6. The Balaban J connectivity index is 1.34. The summed E-state index contributed by atoms with van der Waals surface area (Å²) in [4.78, 5) is 7.05. The van der Waals surface area contributed by atoms with Gasteiger partial charge in [-0.15, -0.1) is 0 Å². The minimum Gasteiger partial charge on any atom is -0.342 e. The third-order valence-electron chi connectivity index (χ3n) is 6.11. The quantitative estimate of drug-likeness (QED) is 0.357. The van der Waals surface area contributed by atoms with Crippen molar-refractivity contribution in [2.24, 2.45) is 0 Å². The van der Waals surface area contributed by atoms with E-state index in [1.54, 1.807) is 6.07 Å². The van der Waals surface area contributed by atoms with Crippen LogP contribution in [0.4, 0.5) is 10.3 Å². The second kappa shape index (κ2) is 9.78. The lowest BCUT2D eigenvalue weighted by Gasteiger charge is -2.33. The molecule has 3 aromatic carbocycles. The maximum absolute atomic E-state index is 13.8. The van der Waals surface area contributed by atoms with Gasteiger partial charge in [0.25, 0.3) is 0 Å². The number of hydrogen-bond acceptors (Lipinski definition) is 4. The van der Waals surface area contributed by atoms with Gasteiger partial charge in [0.2, 0.25) is 16.0 Å². The van der Waals surface area contributed by atoms with Crippen molar-refractivity contribution in [1.29, 1.82) is 0 Å². The number of anilines is 1. The molecule has 10 heteroatoms. The highest BCUT2D eigenvalue weighted by atomic mass is 35.5. The number of piperidine rings is 1. The molecule has 1 aliphatic rings. The average Bonchev–Trinajstić information content (AvgIpc) is 3.17. The Morgan fingerprint density at radius 1 is 0.971 bits per heavy atom. The lowest BCUT2D eigenvalue weighted by Crippen LogP contribution is -2.45. The SMILES string of the molecule is O=S(=O)(NC1CCN(c2nc3ccccc3n2Cc2cccc(F)c2)CC1)c1cc(Cl)cc(Cl)c1. The van der Waals surface area contributed by atoms with Gasteiger partial charge in [-0.2, -0.15) is 0 Å². The average molecular weight is 533 g/mol. The van der Waals surface area contributed by atoms with Crippen molar-refractivity contribution in [3.63, 3.8) is 0 Å². The molecule has 0 spiro atoms. The molecular weight excluding hydrogens is 510 g/mol. The topological polar surface area (TPSA) is 67.2 Å². The minimum absolute atomic E-state index is 0.0503. The first kappa shape index (κ1) is 24.1. The normalized spacial score (nSPS) is 15.1. The number of imidazole rings is 1. The molecule has 0 bridgehead atoms. The summed E-state index contributed by atoms with van der Waals surface area (Å²) in [6.07, 6.45) is 1.22. The summed E-state index contributed by atoms with van der Waals surface area (Å²) in [6, 6.07) is 18.5. The van der Waals surface area contributed by atoms with Crippen LogP contribution in [0.2, 0.25) is 10.0 Å². The maximum Gasteiger partial charge on any atom is 0.240 e. The number of sulfonamides is 1. The van der Waals surface area contributed by atoms with Gasteiger partial charge in [-0.3, -0.25) is 0 Å². The van der Waals surface area contributed by atoms with E-state index in [1.165, 1.54) is 30.3 Å². The summed E-state index contributed by atoms with van der Waals surface area (Å²) < 4.78 is 44.4. The second-order valence-corrected chi connectivity index (χ2v) is 11.2. The highest BCUT2D eigenvalue weighted by Crippen LogP contribution is 2.28. The highest BCUT2D eigenvalue weighted by Gasteiger charge is 2.27. The standard InChI is InChI=1S/C25H23Cl2FN4O2S/c26-18-13-19(27)15-22(14-18)35(33,34)30-21-8-10-31(11-9-21)25-29-23-6-1-2-7-24(23)32(25)16-17-4-3-5-20(28)12-17/h1-7,12-15,21,30H,8-11,16H2. The molecule has 1 N–H and O–H groups in total. The number of nitrogens with one attached hydrogen (secondary N) is 1. The summed E-state index contributed by atoms with van der Waals surface area (Å²) in [5, 5.41) is 0.537. The van der Waals surface area contributed by atoms with Crippen molar-refractivity contribution in [3.8, 4) is 0 Å². The fourth-order valence-corrected chi connectivity index (χ4v) is 6.48. The minimum atomic E-state index is -3.75. The van der Waals surface area contributed by atoms with E-state index in [1.807, 2.05) is 30.3 Å². The van der Waals surface area contributed by atoms with E-state index in [9.17, 15) is 12.8 Å². The summed E-state index contributed by atoms with van der Waals surface area (Å²) in [5.41, 5.74) is 2.67. The second-order valence-electron chi connectivity index (χ2n) is 8.60. The molecule has 1 fully saturated rings. The van der Waals surface area contributed by atoms with Gasteiger partial charge in [-0.05, 0) is 60.9 Å². The van der Waals surface area contributed by atoms with Crippen LogP contribution in [-0.4, -0.2) is 37.1 Å². The third kappa shape index (κ3) is 5.30. The maximum atomic E-state index is 13.8. The highest BCUT2D eigenvalue weighted by molar-refractivity contribution is 7.89. The van der Waals surface area contributed by atoms with Crippen molar-refractivity contribution in [2.45, 2.75) is 30.3 Å². The van der Waals surface area contributed by atoms with E-state index in [4.69, 9.17) is 28.2 Å². The number of para-hydroxylation sites is 2. The van der Waals surface area contributed by atoms with E-state index in [0.717, 1.165) is 22.5 Å². The zero-order valence-corrected chi connectivity index (χ0v) is 21.0. The lowest BCUT2D eigenvalue weighted by molar-refractivity contribution is 0.454. The van der Waals surface area contributed by atoms with E-state index in [0.29, 0.717) is 32.5 Å². The molecule has 0 aliphatic carbocycles. The van der Waals surface area contributed by atoms with Crippen LogP contribution in [0.15, 0.2) is 71.6 Å². The molecule has 0 radical (unpaired) electrons. The number of nitrogens with zero attached hydrogens (tertiary/aromatic N) is 3. The molecule has 1 saturated heterocycles. The number of aromatic nitrogens is 2. The molecule has 6 nitrogen and oxygen atoms in total. The van der Waals surface area contributed by atoms with Crippen LogP contribution in [0.25, 0.3) is 11.0 Å². The number of rotatable bonds is 6. The van der Waals surface area contributed by atoms with Crippen molar-refractivity contribution < 1.29 is 12.8 Å². The summed E-state index contributed by atoms with van der Waals surface area (Å²) in [7, 11) is -3.75. The molecule has 0 unspecified atom stereocenters. The Hall–Kier alpha value is -2.65. The molecule has 0 atom stereocenters. The van der Waals surface area contributed by atoms with Gasteiger partial charge in [0.15, 0.2) is 0 Å². The van der Waals surface area contributed by atoms with Crippen LogP contribution in [0.1, 0.15) is 18.4 Å². The molecule has 0 amide bonds. The molecule has 1 aromatic heterocycles. The first-order chi connectivity index (χ1) is 16.8. The lowest BCUT2D eigenvalue weighted by atomic mass is 10.1. The van der Waals surface area contributed by atoms with E-state index in [-0.39, 0.29) is 26.8 Å². The number of hydrogen-bond donors (Lipinski definition) is 1. The summed E-state index contributed by atoms with van der Waals surface area (Å²) >= 11 is 12.0. The molecular formula is C25H23Cl2FN4O2S. The predicted octanol–water partition coefficient (Wildman–Crippen LogP) is 5.48. The van der Waals surface area contributed by atoms with Crippen molar-refractivity contribution in [1.82, 2.24) is 14.3 Å². The predicted molar refractivity (Wildman–Crippen MR) is 137 cm³/mol. The van der Waals surface area contributed by atoms with Gasteiger partial charge in [0.05, 0.1) is 22.5 Å². The van der Waals surface area contributed by atoms with E-state index in [2.05, 4.69) is 14.2 Å². The van der Waals surface area contributed by atoms with Crippen LogP contribution in [-0.2, 0) is 16.6 Å². The van der Waals surface area contributed by atoms with Gasteiger partial charge in [-0.25, -0.2) is 22.5 Å². The monoisotopic (exact) mass is 532 g/mol. The Bertz CT molecular complexity index is 1460. The van der Waals surface area contributed by atoms with E-state index < -0.39 is 10.0 Å². The fourth-order valence-electron chi connectivity index (χ4n) is 4.45. The smallest absolute Gasteiger partial charge is 0.240 e. The Kier molecular flexibility index (Phi) is 6.72. The summed E-state index contributed by atoms with van der Waals surface area (Å²) in [6.45, 7) is 1.72. The van der Waals surface area contributed by atoms with Gasteiger partial charge < -0.3 is 9.47 Å². The number of halogens is 3. The zero-order valence-electron chi connectivity index (χ0n) is 18.7. The van der Waals surface area contributed by atoms with Crippen LogP contribution >= 0.6 is 23.2 Å². The Labute approximate surface area is 213 Å². The number of fused-ring (bicyclic) bond motifs is 1. The molecule has 5 rings (SSSR count). The van der Waals surface area contributed by atoms with Crippen LogP contribution < -0.4 is 9.62 Å². The van der Waals surface area contributed by atoms with Crippen molar-refractivity contribution >= 4 is 50.2 Å². The molecule has 2 heterocycles.